The predicted molar refractivity (Wildman–Crippen MR) is 136 cm³/mol. The van der Waals surface area contributed by atoms with Gasteiger partial charge in [0.05, 0.1) is 0 Å². The average molecular weight is 577 g/mol. The number of fused-ring (bicyclic) bond motifs is 5. The van der Waals surface area contributed by atoms with Gasteiger partial charge in [0.1, 0.15) is 0 Å². The van der Waals surface area contributed by atoms with Gasteiger partial charge in [-0.25, -0.2) is 0 Å². The molecule has 0 heterocycles. The van der Waals surface area contributed by atoms with Gasteiger partial charge in [-0.15, -0.1) is 0 Å². The molecule has 9 rings (SSSR count). The zero-order valence-electron chi connectivity index (χ0n) is 19.9. The molecule has 3 aromatic carbocycles. The fraction of sp³-hybridized carbons (Fsp3) is 0.344. The molecule has 6 aliphatic carbocycles. The molecule has 3 heteroatoms. The molecule has 0 amide bonds. The molecule has 0 atom stereocenters. The predicted octanol–water partition coefficient (Wildman–Crippen LogP) is 1.13. The molecule has 4 bridgehead atoms. The van der Waals surface area contributed by atoms with Crippen molar-refractivity contribution >= 4 is 17.2 Å². The van der Waals surface area contributed by atoms with E-state index in [0.717, 1.165) is 30.1 Å². The van der Waals surface area contributed by atoms with Crippen molar-refractivity contribution in [2.45, 2.75) is 44.9 Å². The number of hydrogen-bond acceptors (Lipinski definition) is 0. The van der Waals surface area contributed by atoms with E-state index in [-0.39, 0.29) is 24.8 Å². The Morgan fingerprint density at radius 1 is 0.714 bits per heavy atom. The second-order valence-electron chi connectivity index (χ2n) is 11.3. The van der Waals surface area contributed by atoms with Crippen molar-refractivity contribution in [1.29, 1.82) is 0 Å². The molecule has 4 fully saturated rings. The van der Waals surface area contributed by atoms with Crippen LogP contribution < -0.4 is 28.1 Å². The summed E-state index contributed by atoms with van der Waals surface area (Å²) < 4.78 is 5.78. The van der Waals surface area contributed by atoms with Crippen molar-refractivity contribution in [3.05, 3.63) is 87.2 Å². The Morgan fingerprint density at radius 2 is 1.49 bits per heavy atom. The van der Waals surface area contributed by atoms with E-state index in [4.69, 9.17) is 0 Å². The fourth-order valence-electron chi connectivity index (χ4n) is 8.47. The van der Waals surface area contributed by atoms with E-state index >= 15 is 0 Å². The van der Waals surface area contributed by atoms with Crippen molar-refractivity contribution < 1.29 is 46.1 Å². The van der Waals surface area contributed by atoms with Crippen LogP contribution in [0.15, 0.2) is 76.1 Å². The smallest absolute Gasteiger partial charge is 1.00 e. The van der Waals surface area contributed by atoms with E-state index < -0.39 is 21.3 Å². The Hall–Kier alpha value is -1.27. The topological polar surface area (TPSA) is 0 Å². The minimum Gasteiger partial charge on any atom is -1.00 e. The van der Waals surface area contributed by atoms with E-state index in [1.165, 1.54) is 54.2 Å². The summed E-state index contributed by atoms with van der Waals surface area (Å²) in [5, 5.41) is 3.13. The largest absolute Gasteiger partial charge is 1.00 e. The molecule has 0 saturated heterocycles. The van der Waals surface area contributed by atoms with Crippen LogP contribution in [0.25, 0.3) is 21.9 Å². The van der Waals surface area contributed by atoms with Crippen LogP contribution in [-0.2, 0) is 27.7 Å². The Labute approximate surface area is 228 Å². The summed E-state index contributed by atoms with van der Waals surface area (Å²) in [7, 11) is 0. The van der Waals surface area contributed by atoms with Crippen molar-refractivity contribution in [2.24, 2.45) is 23.7 Å². The van der Waals surface area contributed by atoms with Gasteiger partial charge in [0.2, 0.25) is 0 Å². The summed E-state index contributed by atoms with van der Waals surface area (Å²) in [5.41, 5.74) is 6.11. The number of halogens is 2. The summed E-state index contributed by atoms with van der Waals surface area (Å²) >= 11 is -2.17. The zero-order chi connectivity index (χ0) is 21.5. The minimum absolute atomic E-state index is 0. The summed E-state index contributed by atoms with van der Waals surface area (Å²) in [4.78, 5) is 0. The molecular formula is C32H30Cl2Zr. The van der Waals surface area contributed by atoms with Crippen LogP contribution in [0.2, 0.25) is 0 Å². The normalized spacial score (nSPS) is 26.5. The minimum atomic E-state index is -2.17. The van der Waals surface area contributed by atoms with E-state index in [2.05, 4.69) is 76.0 Å². The van der Waals surface area contributed by atoms with Gasteiger partial charge in [0, 0.05) is 0 Å². The third-order valence-corrected chi connectivity index (χ3v) is 17.8. The molecule has 0 N–H and O–H groups in total. The van der Waals surface area contributed by atoms with Crippen molar-refractivity contribution in [2.75, 3.05) is 0 Å². The Morgan fingerprint density at radius 3 is 2.23 bits per heavy atom. The molecule has 0 aromatic heterocycles. The summed E-state index contributed by atoms with van der Waals surface area (Å²) in [6.45, 7) is 0. The summed E-state index contributed by atoms with van der Waals surface area (Å²) in [6, 6.07) is 21.3. The van der Waals surface area contributed by atoms with Gasteiger partial charge in [-0.1, -0.05) is 0 Å². The first-order valence-corrected chi connectivity index (χ1v) is 16.8. The van der Waals surface area contributed by atoms with E-state index in [0.29, 0.717) is 0 Å². The average Bonchev–Trinajstić information content (AvgIpc) is 3.48. The second-order valence-corrected chi connectivity index (χ2v) is 17.5. The summed E-state index contributed by atoms with van der Waals surface area (Å²) in [5.74, 6) is 3.98. The van der Waals surface area contributed by atoms with Gasteiger partial charge in [0.25, 0.3) is 0 Å². The van der Waals surface area contributed by atoms with E-state index in [1.807, 2.05) is 3.28 Å². The number of rotatable bonds is 2. The van der Waals surface area contributed by atoms with Crippen molar-refractivity contribution in [3.63, 3.8) is 0 Å². The maximum Gasteiger partial charge on any atom is -1.00 e. The first-order valence-electron chi connectivity index (χ1n) is 13.1. The van der Waals surface area contributed by atoms with Gasteiger partial charge < -0.3 is 24.8 Å². The molecule has 6 aliphatic rings. The van der Waals surface area contributed by atoms with Gasteiger partial charge in [-0.3, -0.25) is 0 Å². The van der Waals surface area contributed by atoms with Gasteiger partial charge in [-0.05, 0) is 0 Å². The molecule has 0 aliphatic heterocycles. The first kappa shape index (κ1) is 24.1. The maximum atomic E-state index is 2.58. The van der Waals surface area contributed by atoms with Crippen LogP contribution >= 0.6 is 0 Å². The van der Waals surface area contributed by atoms with E-state index in [9.17, 15) is 0 Å². The molecule has 4 saturated carbocycles. The monoisotopic (exact) mass is 574 g/mol. The van der Waals surface area contributed by atoms with Crippen LogP contribution in [0.1, 0.15) is 49.7 Å². The Kier molecular flexibility index (Phi) is 6.36. The number of allylic oxidation sites excluding steroid dienone is 4. The molecular weight excluding hydrogens is 546 g/mol. The SMILES string of the molecule is C1=CC[C]([Zr+2](=[C]2C3CC4CC(C3)CC2C4)[c]2cccc3ccc4c(c23)Cc2ccccc2-4)=C1.[Cl-].[Cl-]. The van der Waals surface area contributed by atoms with Gasteiger partial charge in [-0.2, -0.15) is 0 Å². The molecule has 3 aromatic rings. The molecule has 0 radical (unpaired) electrons. The Balaban J connectivity index is 0.00000114. The third kappa shape index (κ3) is 3.67. The molecule has 0 unspecified atom stereocenters. The second kappa shape index (κ2) is 9.24. The van der Waals surface area contributed by atoms with Gasteiger partial charge >= 0.3 is 205 Å². The quantitative estimate of drug-likeness (QED) is 0.336. The third-order valence-electron chi connectivity index (χ3n) is 9.50. The maximum absolute atomic E-state index is 2.58. The van der Waals surface area contributed by atoms with Crippen molar-refractivity contribution in [1.82, 2.24) is 0 Å². The van der Waals surface area contributed by atoms with Crippen LogP contribution in [0.3, 0.4) is 0 Å². The first-order chi connectivity index (χ1) is 16.3. The standard InChI is InChI=1S/C17H11.C10H14.C5H5.2ClH.Zr/c1-3-7-14-12(5-1)9-10-16-15-8-4-2-6-13(15)11-17(14)16;1-7-2-9-4-8(1)5-10(3-7)6-9;1-2-4-5-3-1;;;/h1-6,8-10H,11H2;7-10H,1-5H2;1-3H,4H2;2*1H;/q;;;;;+2/p-2. The zero-order valence-corrected chi connectivity index (χ0v) is 23.9. The van der Waals surface area contributed by atoms with Crippen LogP contribution in [0.4, 0.5) is 0 Å². The van der Waals surface area contributed by atoms with Crippen LogP contribution in [-0.4, -0.2) is 3.21 Å². The fourth-order valence-corrected chi connectivity index (χ4v) is 17.6. The molecule has 0 nitrogen and oxygen atoms in total. The molecule has 176 valence electrons. The molecule has 0 spiro atoms. The van der Waals surface area contributed by atoms with Crippen molar-refractivity contribution in [3.8, 4) is 11.1 Å². The summed E-state index contributed by atoms with van der Waals surface area (Å²) in [6.07, 6.45) is 17.3. The number of benzene rings is 3. The van der Waals surface area contributed by atoms with Crippen LogP contribution in [0, 0.1) is 23.7 Å². The van der Waals surface area contributed by atoms with Gasteiger partial charge in [0.15, 0.2) is 0 Å². The van der Waals surface area contributed by atoms with Crippen LogP contribution in [0.5, 0.6) is 0 Å². The Bertz CT molecular complexity index is 1400. The number of hydrogen-bond donors (Lipinski definition) is 0. The van der Waals surface area contributed by atoms with E-state index in [1.54, 1.807) is 20.6 Å². The molecule has 35 heavy (non-hydrogen) atoms.